The van der Waals surface area contributed by atoms with Gasteiger partial charge in [-0.25, -0.2) is 0 Å². The Labute approximate surface area is 52.5 Å². The van der Waals surface area contributed by atoms with E-state index in [-0.39, 0.29) is 0 Å². The molecule has 2 rings (SSSR count). The maximum atomic E-state index is 4.05. The van der Waals surface area contributed by atoms with Gasteiger partial charge in [-0.2, -0.15) is 5.43 Å². The molecule has 0 spiro atoms. The fourth-order valence-corrected chi connectivity index (χ4v) is 0.839. The molecule has 1 aromatic rings. The van der Waals surface area contributed by atoms with Crippen LogP contribution in [0.25, 0.3) is 0 Å². The van der Waals surface area contributed by atoms with Crippen molar-refractivity contribution in [2.75, 3.05) is 5.43 Å². The molecule has 0 bridgehead atoms. The molecule has 2 heterocycles. The van der Waals surface area contributed by atoms with Crippen LogP contribution in [-0.2, 0) is 6.67 Å². The van der Waals surface area contributed by atoms with Crippen LogP contribution in [0.15, 0.2) is 18.3 Å². The summed E-state index contributed by atoms with van der Waals surface area (Å²) in [5, 5.41) is 4.05. The zero-order chi connectivity index (χ0) is 6.10. The number of aromatic nitrogens is 2. The minimum absolute atomic E-state index is 0.746. The normalized spacial score (nSPS) is 14.7. The molecule has 4 nitrogen and oxygen atoms in total. The Morgan fingerprint density at radius 1 is 1.67 bits per heavy atom. The molecular formula is C5H7N4+. The molecule has 0 aliphatic carbocycles. The van der Waals surface area contributed by atoms with Crippen LogP contribution in [0, 0.1) is 0 Å². The summed E-state index contributed by atoms with van der Waals surface area (Å²) in [6.07, 6.45) is 1.76. The summed E-state index contributed by atoms with van der Waals surface area (Å²) in [5.41, 5.74) is 5.89. The van der Waals surface area contributed by atoms with Gasteiger partial charge in [0.1, 0.15) is 0 Å². The minimum Gasteiger partial charge on any atom is -0.191 e. The number of hydrogen-bond donors (Lipinski definition) is 2. The summed E-state index contributed by atoms with van der Waals surface area (Å²) in [6, 6.07) is 3.86. The second-order valence-corrected chi connectivity index (χ2v) is 1.87. The van der Waals surface area contributed by atoms with Gasteiger partial charge in [-0.3, -0.25) is 0 Å². The first-order valence-electron chi connectivity index (χ1n) is 2.81. The van der Waals surface area contributed by atoms with Gasteiger partial charge in [-0.15, -0.1) is 10.1 Å². The average Bonchev–Trinajstić information content (AvgIpc) is 2.33. The van der Waals surface area contributed by atoms with Gasteiger partial charge in [-0.1, -0.05) is 5.10 Å². The monoisotopic (exact) mass is 123 g/mol. The van der Waals surface area contributed by atoms with E-state index in [1.807, 2.05) is 16.8 Å². The van der Waals surface area contributed by atoms with Gasteiger partial charge < -0.3 is 0 Å². The van der Waals surface area contributed by atoms with Crippen LogP contribution in [0.1, 0.15) is 0 Å². The number of anilines is 1. The maximum Gasteiger partial charge on any atom is 0.314 e. The zero-order valence-corrected chi connectivity index (χ0v) is 4.83. The molecule has 1 aliphatic rings. The molecule has 0 atom stereocenters. The van der Waals surface area contributed by atoms with E-state index in [0.717, 1.165) is 12.5 Å². The molecule has 46 valence electrons. The highest BCUT2D eigenvalue weighted by Crippen LogP contribution is 1.96. The van der Waals surface area contributed by atoms with E-state index in [4.69, 9.17) is 0 Å². The number of hydrogen-bond acceptors (Lipinski definition) is 3. The first kappa shape index (κ1) is 4.69. The largest absolute Gasteiger partial charge is 0.314 e. The van der Waals surface area contributed by atoms with Gasteiger partial charge in [0, 0.05) is 6.07 Å². The van der Waals surface area contributed by atoms with Crippen molar-refractivity contribution < 1.29 is 4.68 Å². The lowest BCUT2D eigenvalue weighted by Gasteiger charge is -1.84. The molecule has 0 unspecified atom stereocenters. The van der Waals surface area contributed by atoms with Crippen LogP contribution in [-0.4, -0.2) is 5.10 Å². The number of hydrazine groups is 1. The highest BCUT2D eigenvalue weighted by molar-refractivity contribution is 5.25. The van der Waals surface area contributed by atoms with Gasteiger partial charge in [0.15, 0.2) is 6.67 Å². The van der Waals surface area contributed by atoms with Gasteiger partial charge in [0.05, 0.1) is 6.20 Å². The topological polar surface area (TPSA) is 40.8 Å². The van der Waals surface area contributed by atoms with Crippen molar-refractivity contribution in [3.05, 3.63) is 18.3 Å². The predicted molar refractivity (Wildman–Crippen MR) is 31.2 cm³/mol. The van der Waals surface area contributed by atoms with E-state index in [1.165, 1.54) is 0 Å². The standard InChI is InChI=1S/C5H6N4/c1-2-5-8-6-4-9(5)7-3-1/h1-3H,4H2,(H,6,7)/p+1. The van der Waals surface area contributed by atoms with Crippen molar-refractivity contribution >= 4 is 5.82 Å². The van der Waals surface area contributed by atoms with Crippen LogP contribution in [0.5, 0.6) is 0 Å². The van der Waals surface area contributed by atoms with Crippen LogP contribution >= 0.6 is 0 Å². The van der Waals surface area contributed by atoms with Crippen molar-refractivity contribution in [1.82, 2.24) is 10.5 Å². The van der Waals surface area contributed by atoms with Gasteiger partial charge in [0.25, 0.3) is 0 Å². The fourth-order valence-electron chi connectivity index (χ4n) is 0.839. The van der Waals surface area contributed by atoms with Crippen molar-refractivity contribution in [2.45, 2.75) is 6.67 Å². The summed E-state index contributed by atoms with van der Waals surface area (Å²) < 4.78 is 1.85. The van der Waals surface area contributed by atoms with Crippen LogP contribution in [0.2, 0.25) is 0 Å². The number of rotatable bonds is 0. The molecule has 2 N–H and O–H groups in total. The average molecular weight is 123 g/mol. The molecule has 9 heavy (non-hydrogen) atoms. The lowest BCUT2D eigenvalue weighted by molar-refractivity contribution is -0.734. The second kappa shape index (κ2) is 1.66. The van der Waals surface area contributed by atoms with Crippen molar-refractivity contribution in [2.24, 2.45) is 0 Å². The minimum atomic E-state index is 0.746. The number of nitrogens with zero attached hydrogens (tertiary/aromatic N) is 2. The number of fused-ring (bicyclic) bond motifs is 1. The molecule has 0 saturated carbocycles. The van der Waals surface area contributed by atoms with Crippen molar-refractivity contribution in [1.29, 1.82) is 0 Å². The van der Waals surface area contributed by atoms with E-state index < -0.39 is 0 Å². The summed E-state index contributed by atoms with van der Waals surface area (Å²) >= 11 is 0. The fraction of sp³-hybridized carbons (Fsp3) is 0.200. The predicted octanol–water partition coefficient (Wildman–Crippen LogP) is -0.743. The van der Waals surface area contributed by atoms with Crippen molar-refractivity contribution in [3.8, 4) is 0 Å². The lowest BCUT2D eigenvalue weighted by Crippen LogP contribution is -2.36. The third-order valence-corrected chi connectivity index (χ3v) is 1.27. The van der Waals surface area contributed by atoms with Crippen molar-refractivity contribution in [3.63, 3.8) is 0 Å². The summed E-state index contributed by atoms with van der Waals surface area (Å²) in [5.74, 6) is 1.01. The molecular weight excluding hydrogens is 116 g/mol. The van der Waals surface area contributed by atoms with E-state index in [9.17, 15) is 0 Å². The van der Waals surface area contributed by atoms with E-state index >= 15 is 0 Å². The van der Waals surface area contributed by atoms with Gasteiger partial charge in [0.2, 0.25) is 0 Å². The summed E-state index contributed by atoms with van der Waals surface area (Å²) in [6.45, 7) is 0.746. The van der Waals surface area contributed by atoms with E-state index in [1.54, 1.807) is 6.20 Å². The summed E-state index contributed by atoms with van der Waals surface area (Å²) in [7, 11) is 0. The third-order valence-electron chi connectivity index (χ3n) is 1.27. The molecule has 1 aromatic heterocycles. The Kier molecular flexibility index (Phi) is 0.868. The van der Waals surface area contributed by atoms with Gasteiger partial charge >= 0.3 is 5.82 Å². The Balaban J connectivity index is 2.54. The van der Waals surface area contributed by atoms with Crippen LogP contribution < -0.4 is 15.5 Å². The molecule has 0 fully saturated rings. The van der Waals surface area contributed by atoms with Gasteiger partial charge in [-0.05, 0) is 6.07 Å². The highest BCUT2D eigenvalue weighted by Gasteiger charge is 2.14. The first-order valence-corrected chi connectivity index (χ1v) is 2.81. The van der Waals surface area contributed by atoms with E-state index in [2.05, 4.69) is 16.0 Å². The molecule has 1 aliphatic heterocycles. The molecule has 0 amide bonds. The molecule has 0 radical (unpaired) electrons. The maximum absolute atomic E-state index is 4.05. The Morgan fingerprint density at radius 2 is 2.67 bits per heavy atom. The Hall–Kier alpha value is -1.16. The SMILES string of the molecule is c1cn[n+]2c(c1)NNC2. The van der Waals surface area contributed by atoms with Crippen LogP contribution in [0.3, 0.4) is 0 Å². The van der Waals surface area contributed by atoms with Crippen LogP contribution in [0.4, 0.5) is 5.82 Å². The first-order chi connectivity index (χ1) is 4.47. The Morgan fingerprint density at radius 3 is 3.56 bits per heavy atom. The number of nitrogens with one attached hydrogen (secondary N) is 2. The molecule has 0 saturated heterocycles. The third kappa shape index (κ3) is 0.639. The molecule has 4 heteroatoms. The van der Waals surface area contributed by atoms with E-state index in [0.29, 0.717) is 0 Å². The highest BCUT2D eigenvalue weighted by atomic mass is 15.6. The zero-order valence-electron chi connectivity index (χ0n) is 4.83. The summed E-state index contributed by atoms with van der Waals surface area (Å²) in [4.78, 5) is 0. The lowest BCUT2D eigenvalue weighted by atomic mass is 10.5. The smallest absolute Gasteiger partial charge is 0.191 e. The Bertz CT molecular complexity index is 199. The quantitative estimate of drug-likeness (QED) is 0.446. The second-order valence-electron chi connectivity index (χ2n) is 1.87. The molecule has 0 aromatic carbocycles.